The average Bonchev–Trinajstić information content (AvgIpc) is 2.56. The summed E-state index contributed by atoms with van der Waals surface area (Å²) in [6.07, 6.45) is 3.93. The molecule has 0 aliphatic heterocycles. The van der Waals surface area contributed by atoms with Crippen molar-refractivity contribution in [2.75, 3.05) is 24.3 Å². The van der Waals surface area contributed by atoms with Gasteiger partial charge in [0.15, 0.2) is 0 Å². The predicted octanol–water partition coefficient (Wildman–Crippen LogP) is 3.55. The summed E-state index contributed by atoms with van der Waals surface area (Å²) in [4.78, 5) is 16.3. The molecule has 1 amide bonds. The SMILES string of the molecule is CCCCNc1ccc(C(=O)Nc2ccc(OC)cc2)nc1. The summed E-state index contributed by atoms with van der Waals surface area (Å²) in [5.74, 6) is 0.518. The second-order valence-corrected chi connectivity index (χ2v) is 4.90. The zero-order chi connectivity index (χ0) is 15.8. The molecule has 0 saturated carbocycles. The Kier molecular flexibility index (Phi) is 5.77. The fourth-order valence-electron chi connectivity index (χ4n) is 1.91. The van der Waals surface area contributed by atoms with Gasteiger partial charge in [-0.05, 0) is 42.8 Å². The van der Waals surface area contributed by atoms with E-state index in [1.165, 1.54) is 0 Å². The van der Waals surface area contributed by atoms with Crippen LogP contribution in [0.2, 0.25) is 0 Å². The van der Waals surface area contributed by atoms with Gasteiger partial charge in [-0.3, -0.25) is 4.79 Å². The van der Waals surface area contributed by atoms with Crippen LogP contribution >= 0.6 is 0 Å². The van der Waals surface area contributed by atoms with E-state index in [1.807, 2.05) is 6.07 Å². The number of nitrogens with zero attached hydrogens (tertiary/aromatic N) is 1. The Hall–Kier alpha value is -2.56. The van der Waals surface area contributed by atoms with Gasteiger partial charge in [-0.15, -0.1) is 0 Å². The van der Waals surface area contributed by atoms with Gasteiger partial charge in [-0.1, -0.05) is 13.3 Å². The molecule has 2 aromatic rings. The predicted molar refractivity (Wildman–Crippen MR) is 88.6 cm³/mol. The highest BCUT2D eigenvalue weighted by Crippen LogP contribution is 2.16. The summed E-state index contributed by atoms with van der Waals surface area (Å²) < 4.78 is 5.08. The molecule has 1 aromatic heterocycles. The second kappa shape index (κ2) is 8.02. The third-order valence-corrected chi connectivity index (χ3v) is 3.20. The molecule has 0 radical (unpaired) electrons. The number of pyridine rings is 1. The highest BCUT2D eigenvalue weighted by molar-refractivity contribution is 6.02. The van der Waals surface area contributed by atoms with Crippen molar-refractivity contribution in [2.24, 2.45) is 0 Å². The molecular formula is C17H21N3O2. The largest absolute Gasteiger partial charge is 0.497 e. The van der Waals surface area contributed by atoms with Crippen molar-refractivity contribution in [2.45, 2.75) is 19.8 Å². The maximum atomic E-state index is 12.1. The van der Waals surface area contributed by atoms with Gasteiger partial charge in [0.05, 0.1) is 19.0 Å². The van der Waals surface area contributed by atoms with E-state index in [-0.39, 0.29) is 5.91 Å². The number of amides is 1. The molecule has 0 saturated heterocycles. The molecule has 0 bridgehead atoms. The van der Waals surface area contributed by atoms with E-state index in [9.17, 15) is 4.79 Å². The van der Waals surface area contributed by atoms with Gasteiger partial charge in [0.25, 0.3) is 5.91 Å². The lowest BCUT2D eigenvalue weighted by molar-refractivity contribution is 0.102. The molecule has 0 aliphatic rings. The molecule has 1 aromatic carbocycles. The Morgan fingerprint density at radius 2 is 1.86 bits per heavy atom. The Labute approximate surface area is 130 Å². The molecule has 1 heterocycles. The Balaban J connectivity index is 1.94. The topological polar surface area (TPSA) is 63.2 Å². The van der Waals surface area contributed by atoms with Crippen LogP contribution < -0.4 is 15.4 Å². The molecule has 0 atom stereocenters. The third-order valence-electron chi connectivity index (χ3n) is 3.20. The molecule has 0 aliphatic carbocycles. The first-order chi connectivity index (χ1) is 10.7. The molecule has 0 spiro atoms. The van der Waals surface area contributed by atoms with Gasteiger partial charge < -0.3 is 15.4 Å². The van der Waals surface area contributed by atoms with Gasteiger partial charge in [0, 0.05) is 12.2 Å². The van der Waals surface area contributed by atoms with E-state index in [4.69, 9.17) is 4.74 Å². The molecule has 5 nitrogen and oxygen atoms in total. The standard InChI is InChI=1S/C17H21N3O2/c1-3-4-11-18-14-7-10-16(19-12-14)17(21)20-13-5-8-15(22-2)9-6-13/h5-10,12,18H,3-4,11H2,1-2H3,(H,20,21). The van der Waals surface area contributed by atoms with E-state index in [2.05, 4.69) is 22.5 Å². The van der Waals surface area contributed by atoms with Crippen LogP contribution in [-0.4, -0.2) is 24.5 Å². The van der Waals surface area contributed by atoms with Gasteiger partial charge in [-0.25, -0.2) is 4.98 Å². The minimum atomic E-state index is -0.231. The Morgan fingerprint density at radius 1 is 1.14 bits per heavy atom. The summed E-state index contributed by atoms with van der Waals surface area (Å²) in [6, 6.07) is 10.8. The highest BCUT2D eigenvalue weighted by atomic mass is 16.5. The molecule has 22 heavy (non-hydrogen) atoms. The smallest absolute Gasteiger partial charge is 0.274 e. The van der Waals surface area contributed by atoms with Gasteiger partial charge in [0.1, 0.15) is 11.4 Å². The monoisotopic (exact) mass is 299 g/mol. The van der Waals surface area contributed by atoms with Gasteiger partial charge in [-0.2, -0.15) is 0 Å². The maximum Gasteiger partial charge on any atom is 0.274 e. The van der Waals surface area contributed by atoms with Crippen molar-refractivity contribution in [3.05, 3.63) is 48.3 Å². The summed E-state index contributed by atoms with van der Waals surface area (Å²) in [5.41, 5.74) is 2.02. The van der Waals surface area contributed by atoms with Gasteiger partial charge >= 0.3 is 0 Å². The lowest BCUT2D eigenvalue weighted by atomic mass is 10.2. The number of nitrogens with one attached hydrogen (secondary N) is 2. The van der Waals surface area contributed by atoms with Crippen LogP contribution in [0.25, 0.3) is 0 Å². The number of carbonyl (C=O) groups is 1. The van der Waals surface area contributed by atoms with E-state index in [1.54, 1.807) is 43.6 Å². The van der Waals surface area contributed by atoms with Crippen LogP contribution in [0.1, 0.15) is 30.3 Å². The van der Waals surface area contributed by atoms with Crippen LogP contribution in [0.15, 0.2) is 42.6 Å². The van der Waals surface area contributed by atoms with Crippen molar-refractivity contribution >= 4 is 17.3 Å². The van der Waals surface area contributed by atoms with Crippen molar-refractivity contribution in [3.8, 4) is 5.75 Å². The van der Waals surface area contributed by atoms with E-state index in [0.717, 1.165) is 30.8 Å². The molecule has 0 fully saturated rings. The number of methoxy groups -OCH3 is 1. The molecule has 2 N–H and O–H groups in total. The van der Waals surface area contributed by atoms with E-state index in [0.29, 0.717) is 11.4 Å². The minimum absolute atomic E-state index is 0.231. The second-order valence-electron chi connectivity index (χ2n) is 4.90. The first kappa shape index (κ1) is 15.8. The fraction of sp³-hybridized carbons (Fsp3) is 0.294. The average molecular weight is 299 g/mol. The van der Waals surface area contributed by atoms with Crippen LogP contribution in [0, 0.1) is 0 Å². The maximum absolute atomic E-state index is 12.1. The van der Waals surface area contributed by atoms with Crippen LogP contribution in [0.5, 0.6) is 5.75 Å². The molecule has 116 valence electrons. The van der Waals surface area contributed by atoms with E-state index >= 15 is 0 Å². The third kappa shape index (κ3) is 4.48. The summed E-state index contributed by atoms with van der Waals surface area (Å²) in [7, 11) is 1.60. The molecule has 2 rings (SSSR count). The molecule has 0 unspecified atom stereocenters. The zero-order valence-electron chi connectivity index (χ0n) is 12.9. The Morgan fingerprint density at radius 3 is 2.45 bits per heavy atom. The van der Waals surface area contributed by atoms with Crippen LogP contribution in [0.3, 0.4) is 0 Å². The highest BCUT2D eigenvalue weighted by Gasteiger charge is 2.07. The number of anilines is 2. The number of hydrogen-bond acceptors (Lipinski definition) is 4. The zero-order valence-corrected chi connectivity index (χ0v) is 12.9. The lowest BCUT2D eigenvalue weighted by Crippen LogP contribution is -2.13. The molecular weight excluding hydrogens is 278 g/mol. The Bertz CT molecular complexity index is 594. The minimum Gasteiger partial charge on any atom is -0.497 e. The van der Waals surface area contributed by atoms with Crippen LogP contribution in [0.4, 0.5) is 11.4 Å². The summed E-state index contributed by atoms with van der Waals surface area (Å²) in [6.45, 7) is 3.06. The van der Waals surface area contributed by atoms with Gasteiger partial charge in [0.2, 0.25) is 0 Å². The van der Waals surface area contributed by atoms with Crippen molar-refractivity contribution < 1.29 is 9.53 Å². The van der Waals surface area contributed by atoms with E-state index < -0.39 is 0 Å². The fourth-order valence-corrected chi connectivity index (χ4v) is 1.91. The number of aromatic nitrogens is 1. The lowest BCUT2D eigenvalue weighted by Gasteiger charge is -2.07. The molecule has 5 heteroatoms. The normalized spacial score (nSPS) is 10.1. The summed E-state index contributed by atoms with van der Waals surface area (Å²) >= 11 is 0. The number of hydrogen-bond donors (Lipinski definition) is 2. The van der Waals surface area contributed by atoms with Crippen molar-refractivity contribution in [3.63, 3.8) is 0 Å². The number of rotatable bonds is 7. The van der Waals surface area contributed by atoms with Crippen molar-refractivity contribution in [1.82, 2.24) is 4.98 Å². The van der Waals surface area contributed by atoms with Crippen LogP contribution in [-0.2, 0) is 0 Å². The summed E-state index contributed by atoms with van der Waals surface area (Å²) in [5, 5.41) is 6.07. The number of benzene rings is 1. The first-order valence-corrected chi connectivity index (χ1v) is 7.38. The number of unbranched alkanes of at least 4 members (excludes halogenated alkanes) is 1. The first-order valence-electron chi connectivity index (χ1n) is 7.38. The number of carbonyl (C=O) groups excluding carboxylic acids is 1. The quantitative estimate of drug-likeness (QED) is 0.767. The van der Waals surface area contributed by atoms with Crippen molar-refractivity contribution in [1.29, 1.82) is 0 Å². The number of ether oxygens (including phenoxy) is 1.